The molecule has 2 heterocycles. The number of nitrogens with zero attached hydrogens (tertiary/aromatic N) is 3. The van der Waals surface area contributed by atoms with Crippen LogP contribution in [0.2, 0.25) is 0 Å². The van der Waals surface area contributed by atoms with Gasteiger partial charge in [-0.3, -0.25) is 0 Å². The van der Waals surface area contributed by atoms with Crippen LogP contribution in [-0.4, -0.2) is 9.97 Å². The first kappa shape index (κ1) is 14.6. The highest BCUT2D eigenvalue weighted by atomic mass is 19.2. The third kappa shape index (κ3) is 3.14. The second-order valence-corrected chi connectivity index (χ2v) is 4.70. The Balaban J connectivity index is 1.85. The van der Waals surface area contributed by atoms with Gasteiger partial charge in [0.1, 0.15) is 11.6 Å². The van der Waals surface area contributed by atoms with Gasteiger partial charge < -0.3 is 5.32 Å². The topological polar surface area (TPSA) is 61.6 Å². The molecule has 0 radical (unpaired) electrons. The SMILES string of the molecule is N#Cc1ccnc(Nc2ccc(-c3cccc(F)c3F)cn2)c1. The Labute approximate surface area is 131 Å². The highest BCUT2D eigenvalue weighted by molar-refractivity contribution is 5.65. The summed E-state index contributed by atoms with van der Waals surface area (Å²) in [6.07, 6.45) is 2.95. The predicted octanol–water partition coefficient (Wildman–Crippen LogP) is 4.04. The maximum atomic E-state index is 13.8. The van der Waals surface area contributed by atoms with E-state index in [0.29, 0.717) is 22.8 Å². The largest absolute Gasteiger partial charge is 0.325 e. The van der Waals surface area contributed by atoms with E-state index in [9.17, 15) is 8.78 Å². The van der Waals surface area contributed by atoms with Gasteiger partial charge in [0.2, 0.25) is 0 Å². The molecule has 0 amide bonds. The van der Waals surface area contributed by atoms with Crippen molar-refractivity contribution in [2.24, 2.45) is 0 Å². The molecule has 112 valence electrons. The van der Waals surface area contributed by atoms with Crippen LogP contribution in [0, 0.1) is 23.0 Å². The normalized spacial score (nSPS) is 10.1. The molecule has 1 N–H and O–H groups in total. The van der Waals surface area contributed by atoms with Crippen LogP contribution >= 0.6 is 0 Å². The van der Waals surface area contributed by atoms with Crippen molar-refractivity contribution in [2.45, 2.75) is 0 Å². The molecule has 0 saturated carbocycles. The number of anilines is 2. The molecule has 0 fully saturated rings. The van der Waals surface area contributed by atoms with Crippen LogP contribution in [0.4, 0.5) is 20.4 Å². The number of halogens is 2. The highest BCUT2D eigenvalue weighted by Gasteiger charge is 2.10. The Kier molecular flexibility index (Phi) is 3.93. The number of rotatable bonds is 3. The molecular weight excluding hydrogens is 298 g/mol. The van der Waals surface area contributed by atoms with Crippen LogP contribution in [0.25, 0.3) is 11.1 Å². The molecule has 0 atom stereocenters. The fraction of sp³-hybridized carbons (Fsp3) is 0. The third-order valence-electron chi connectivity index (χ3n) is 3.17. The first-order chi connectivity index (χ1) is 11.2. The van der Waals surface area contributed by atoms with Gasteiger partial charge in [-0.25, -0.2) is 18.7 Å². The number of hydrogen-bond acceptors (Lipinski definition) is 4. The lowest BCUT2D eigenvalue weighted by molar-refractivity contribution is 0.511. The molecule has 6 heteroatoms. The van der Waals surface area contributed by atoms with E-state index in [2.05, 4.69) is 15.3 Å². The fourth-order valence-electron chi connectivity index (χ4n) is 2.05. The highest BCUT2D eigenvalue weighted by Crippen LogP contribution is 2.25. The molecule has 2 aromatic heterocycles. The van der Waals surface area contributed by atoms with E-state index < -0.39 is 11.6 Å². The van der Waals surface area contributed by atoms with Gasteiger partial charge in [-0.15, -0.1) is 0 Å². The standard InChI is InChI=1S/C17H10F2N4/c18-14-3-1-2-13(17(14)19)12-4-5-15(22-10-12)23-16-8-11(9-20)6-7-21-16/h1-8,10H,(H,21,22,23). The molecule has 0 saturated heterocycles. The Bertz CT molecular complexity index is 886. The van der Waals surface area contributed by atoms with Crippen LogP contribution in [0.1, 0.15) is 5.56 Å². The van der Waals surface area contributed by atoms with Crippen LogP contribution < -0.4 is 5.32 Å². The quantitative estimate of drug-likeness (QED) is 0.793. The van der Waals surface area contributed by atoms with E-state index in [1.54, 1.807) is 24.3 Å². The number of hydrogen-bond donors (Lipinski definition) is 1. The van der Waals surface area contributed by atoms with Crippen LogP contribution in [0.5, 0.6) is 0 Å². The molecule has 1 aromatic carbocycles. The second-order valence-electron chi connectivity index (χ2n) is 4.70. The molecule has 0 spiro atoms. The van der Waals surface area contributed by atoms with E-state index >= 15 is 0 Å². The average Bonchev–Trinajstić information content (AvgIpc) is 2.58. The van der Waals surface area contributed by atoms with Crippen molar-refractivity contribution in [1.29, 1.82) is 5.26 Å². The minimum atomic E-state index is -0.904. The van der Waals surface area contributed by atoms with E-state index in [1.165, 1.54) is 24.5 Å². The molecule has 4 nitrogen and oxygen atoms in total. The summed E-state index contributed by atoms with van der Waals surface area (Å²) in [5.41, 5.74) is 1.08. The lowest BCUT2D eigenvalue weighted by atomic mass is 10.1. The minimum absolute atomic E-state index is 0.147. The summed E-state index contributed by atoms with van der Waals surface area (Å²) in [6.45, 7) is 0. The number of benzene rings is 1. The number of nitriles is 1. The molecule has 0 unspecified atom stereocenters. The molecule has 23 heavy (non-hydrogen) atoms. The first-order valence-corrected chi connectivity index (χ1v) is 6.71. The van der Waals surface area contributed by atoms with Crippen molar-refractivity contribution in [3.8, 4) is 17.2 Å². The van der Waals surface area contributed by atoms with Crippen molar-refractivity contribution in [1.82, 2.24) is 9.97 Å². The zero-order valence-electron chi connectivity index (χ0n) is 11.8. The Morgan fingerprint density at radius 2 is 1.87 bits per heavy atom. The zero-order chi connectivity index (χ0) is 16.2. The van der Waals surface area contributed by atoms with Gasteiger partial charge in [-0.2, -0.15) is 5.26 Å². The molecule has 0 aliphatic heterocycles. The van der Waals surface area contributed by atoms with E-state index in [0.717, 1.165) is 6.07 Å². The predicted molar refractivity (Wildman–Crippen MR) is 81.8 cm³/mol. The minimum Gasteiger partial charge on any atom is -0.325 e. The van der Waals surface area contributed by atoms with Crippen LogP contribution in [0.3, 0.4) is 0 Å². The third-order valence-corrected chi connectivity index (χ3v) is 3.17. The lowest BCUT2D eigenvalue weighted by Crippen LogP contribution is -1.97. The van der Waals surface area contributed by atoms with Gasteiger partial charge in [0.25, 0.3) is 0 Å². The number of nitrogens with one attached hydrogen (secondary N) is 1. The van der Waals surface area contributed by atoms with E-state index in [-0.39, 0.29) is 5.56 Å². The Morgan fingerprint density at radius 1 is 1.00 bits per heavy atom. The summed E-state index contributed by atoms with van der Waals surface area (Å²) in [5, 5.41) is 11.8. The molecular formula is C17H10F2N4. The lowest BCUT2D eigenvalue weighted by Gasteiger charge is -2.07. The number of aromatic nitrogens is 2. The van der Waals surface area contributed by atoms with Gasteiger partial charge in [-0.1, -0.05) is 12.1 Å². The van der Waals surface area contributed by atoms with Gasteiger partial charge in [-0.05, 0) is 30.3 Å². The van der Waals surface area contributed by atoms with E-state index in [4.69, 9.17) is 5.26 Å². The molecule has 0 aliphatic rings. The molecule has 0 bridgehead atoms. The molecule has 3 rings (SSSR count). The molecule has 3 aromatic rings. The summed E-state index contributed by atoms with van der Waals surface area (Å²) in [6, 6.07) is 12.4. The Hall–Kier alpha value is -3.33. The monoisotopic (exact) mass is 308 g/mol. The smallest absolute Gasteiger partial charge is 0.166 e. The second kappa shape index (κ2) is 6.20. The van der Waals surface area contributed by atoms with Crippen molar-refractivity contribution in [3.05, 3.63) is 72.1 Å². The van der Waals surface area contributed by atoms with Crippen molar-refractivity contribution < 1.29 is 8.78 Å². The first-order valence-electron chi connectivity index (χ1n) is 6.71. The average molecular weight is 308 g/mol. The summed E-state index contributed by atoms with van der Waals surface area (Å²) in [7, 11) is 0. The van der Waals surface area contributed by atoms with E-state index in [1.807, 2.05) is 6.07 Å². The zero-order valence-corrected chi connectivity index (χ0v) is 11.8. The summed E-state index contributed by atoms with van der Waals surface area (Å²) >= 11 is 0. The molecule has 0 aliphatic carbocycles. The van der Waals surface area contributed by atoms with Crippen molar-refractivity contribution >= 4 is 11.6 Å². The van der Waals surface area contributed by atoms with Gasteiger partial charge in [0.05, 0.1) is 11.6 Å². The van der Waals surface area contributed by atoms with Gasteiger partial charge in [0, 0.05) is 23.5 Å². The van der Waals surface area contributed by atoms with Crippen LogP contribution in [0.15, 0.2) is 54.9 Å². The van der Waals surface area contributed by atoms with Crippen molar-refractivity contribution in [2.75, 3.05) is 5.32 Å². The Morgan fingerprint density at radius 3 is 2.61 bits per heavy atom. The number of pyridine rings is 2. The van der Waals surface area contributed by atoms with Crippen LogP contribution in [-0.2, 0) is 0 Å². The maximum Gasteiger partial charge on any atom is 0.166 e. The van der Waals surface area contributed by atoms with Gasteiger partial charge in [0.15, 0.2) is 11.6 Å². The van der Waals surface area contributed by atoms with Gasteiger partial charge >= 0.3 is 0 Å². The summed E-state index contributed by atoms with van der Waals surface area (Å²) in [4.78, 5) is 8.23. The van der Waals surface area contributed by atoms with Crippen molar-refractivity contribution in [3.63, 3.8) is 0 Å². The maximum absolute atomic E-state index is 13.8. The summed E-state index contributed by atoms with van der Waals surface area (Å²) in [5.74, 6) is -0.852. The summed E-state index contributed by atoms with van der Waals surface area (Å²) < 4.78 is 27.0. The fourth-order valence-corrected chi connectivity index (χ4v) is 2.05.